The summed E-state index contributed by atoms with van der Waals surface area (Å²) >= 11 is 0. The van der Waals surface area contributed by atoms with Crippen LogP contribution in [0.5, 0.6) is 11.5 Å². The number of carbonyl (C=O) groups excluding carboxylic acids is 1. The molecule has 208 valence electrons. The van der Waals surface area contributed by atoms with Crippen molar-refractivity contribution in [2.45, 2.75) is 45.7 Å². The fourth-order valence-electron chi connectivity index (χ4n) is 4.94. The zero-order valence-electron chi connectivity index (χ0n) is 22.6. The van der Waals surface area contributed by atoms with Crippen LogP contribution in [0.15, 0.2) is 73.2 Å². The smallest absolute Gasteiger partial charge is 0.263 e. The minimum atomic E-state index is -2.60. The number of nitrogens with two attached hydrogens (primary N) is 1. The molecule has 0 bridgehead atoms. The number of hydrogen-bond acceptors (Lipinski definition) is 5. The molecule has 0 aliphatic carbocycles. The van der Waals surface area contributed by atoms with E-state index in [1.54, 1.807) is 30.6 Å². The molecule has 1 aliphatic heterocycles. The van der Waals surface area contributed by atoms with E-state index in [9.17, 15) is 13.6 Å². The molecule has 0 radical (unpaired) electrons. The SMILES string of the molecule is Cc1cn(-c2cc(CN3CCC[C@H](N)C3)cc(NC(=O)c3ccc(C)c(Oc4cccc(C(F)F)c4)c3)c2)cn1. The largest absolute Gasteiger partial charge is 0.457 e. The van der Waals surface area contributed by atoms with Gasteiger partial charge in [-0.1, -0.05) is 18.2 Å². The number of aromatic nitrogens is 2. The molecule has 40 heavy (non-hydrogen) atoms. The topological polar surface area (TPSA) is 85.4 Å². The molecule has 9 heteroatoms. The number of rotatable bonds is 8. The summed E-state index contributed by atoms with van der Waals surface area (Å²) in [6.45, 7) is 6.30. The normalized spacial score (nSPS) is 15.8. The summed E-state index contributed by atoms with van der Waals surface area (Å²) in [6.07, 6.45) is 3.19. The number of likely N-dealkylation sites (tertiary alicyclic amines) is 1. The van der Waals surface area contributed by atoms with Crippen LogP contribution in [0, 0.1) is 13.8 Å². The minimum Gasteiger partial charge on any atom is -0.457 e. The third-order valence-corrected chi connectivity index (χ3v) is 6.98. The van der Waals surface area contributed by atoms with Crippen LogP contribution in [0.25, 0.3) is 5.69 Å². The van der Waals surface area contributed by atoms with Gasteiger partial charge in [-0.2, -0.15) is 0 Å². The quantitative estimate of drug-likeness (QED) is 0.268. The molecule has 1 fully saturated rings. The van der Waals surface area contributed by atoms with Crippen molar-refractivity contribution in [2.75, 3.05) is 18.4 Å². The van der Waals surface area contributed by atoms with Crippen molar-refractivity contribution in [1.82, 2.24) is 14.5 Å². The average Bonchev–Trinajstić information content (AvgIpc) is 3.36. The van der Waals surface area contributed by atoms with Crippen LogP contribution in [0.1, 0.15) is 52.0 Å². The van der Waals surface area contributed by atoms with E-state index in [4.69, 9.17) is 10.5 Å². The van der Waals surface area contributed by atoms with Gasteiger partial charge < -0.3 is 20.4 Å². The summed E-state index contributed by atoms with van der Waals surface area (Å²) in [5, 5.41) is 3.03. The van der Waals surface area contributed by atoms with Crippen molar-refractivity contribution >= 4 is 11.6 Å². The highest BCUT2D eigenvalue weighted by atomic mass is 19.3. The summed E-state index contributed by atoms with van der Waals surface area (Å²) in [7, 11) is 0. The monoisotopic (exact) mass is 545 g/mol. The van der Waals surface area contributed by atoms with Gasteiger partial charge >= 0.3 is 0 Å². The number of carbonyl (C=O) groups is 1. The van der Waals surface area contributed by atoms with Crippen LogP contribution < -0.4 is 15.8 Å². The molecule has 0 saturated carbocycles. The number of nitrogens with zero attached hydrogens (tertiary/aromatic N) is 3. The molecule has 5 rings (SSSR count). The Morgan fingerprint density at radius 1 is 1.15 bits per heavy atom. The summed E-state index contributed by atoms with van der Waals surface area (Å²) in [5.41, 5.74) is 10.7. The van der Waals surface area contributed by atoms with E-state index in [-0.39, 0.29) is 23.3 Å². The van der Waals surface area contributed by atoms with Crippen LogP contribution in [0.2, 0.25) is 0 Å². The third kappa shape index (κ3) is 6.73. The van der Waals surface area contributed by atoms with Gasteiger partial charge in [0, 0.05) is 47.8 Å². The van der Waals surface area contributed by atoms with Gasteiger partial charge in [-0.25, -0.2) is 13.8 Å². The molecule has 1 atom stereocenters. The number of alkyl halides is 2. The Morgan fingerprint density at radius 3 is 2.75 bits per heavy atom. The summed E-state index contributed by atoms with van der Waals surface area (Å²) in [4.78, 5) is 20.0. The first-order valence-electron chi connectivity index (χ1n) is 13.3. The summed E-state index contributed by atoms with van der Waals surface area (Å²) < 4.78 is 34.1. The number of ether oxygens (including phenoxy) is 1. The Morgan fingerprint density at radius 2 is 2.00 bits per heavy atom. The molecule has 1 aliphatic rings. The zero-order chi connectivity index (χ0) is 28.2. The van der Waals surface area contributed by atoms with Crippen LogP contribution >= 0.6 is 0 Å². The highest BCUT2D eigenvalue weighted by Gasteiger charge is 2.18. The van der Waals surface area contributed by atoms with Crippen molar-refractivity contribution < 1.29 is 18.3 Å². The highest BCUT2D eigenvalue weighted by Crippen LogP contribution is 2.30. The van der Waals surface area contributed by atoms with Crippen LogP contribution in [0.4, 0.5) is 14.5 Å². The van der Waals surface area contributed by atoms with Gasteiger partial charge in [-0.3, -0.25) is 9.69 Å². The Hall–Kier alpha value is -4.08. The second kappa shape index (κ2) is 12.0. The molecule has 2 heterocycles. The minimum absolute atomic E-state index is 0.126. The van der Waals surface area contributed by atoms with E-state index in [1.807, 2.05) is 36.7 Å². The first-order valence-corrected chi connectivity index (χ1v) is 13.3. The van der Waals surface area contributed by atoms with Gasteiger partial charge in [0.15, 0.2) is 0 Å². The van der Waals surface area contributed by atoms with E-state index >= 15 is 0 Å². The van der Waals surface area contributed by atoms with Crippen LogP contribution in [-0.2, 0) is 6.54 Å². The second-order valence-corrected chi connectivity index (χ2v) is 10.4. The van der Waals surface area contributed by atoms with Gasteiger partial charge in [0.25, 0.3) is 12.3 Å². The lowest BCUT2D eigenvalue weighted by atomic mass is 10.0. The van der Waals surface area contributed by atoms with Gasteiger partial charge in [-0.15, -0.1) is 0 Å². The lowest BCUT2D eigenvalue weighted by molar-refractivity contribution is 0.102. The number of aryl methyl sites for hydroxylation is 2. The molecular weight excluding hydrogens is 512 g/mol. The number of piperidine rings is 1. The number of amides is 1. The Bertz CT molecular complexity index is 1500. The van der Waals surface area contributed by atoms with Gasteiger partial charge in [-0.05, 0) is 86.8 Å². The molecular formula is C31H33F2N5O2. The maximum absolute atomic E-state index is 13.4. The van der Waals surface area contributed by atoms with Gasteiger partial charge in [0.05, 0.1) is 12.0 Å². The molecule has 3 aromatic carbocycles. The Kier molecular flexibility index (Phi) is 8.23. The average molecular weight is 546 g/mol. The third-order valence-electron chi connectivity index (χ3n) is 6.98. The number of imidazole rings is 1. The molecule has 3 N–H and O–H groups in total. The predicted molar refractivity (Wildman–Crippen MR) is 151 cm³/mol. The summed E-state index contributed by atoms with van der Waals surface area (Å²) in [6, 6.07) is 17.1. The van der Waals surface area contributed by atoms with Crippen molar-refractivity contribution in [3.05, 3.63) is 101 Å². The van der Waals surface area contributed by atoms with E-state index < -0.39 is 6.43 Å². The highest BCUT2D eigenvalue weighted by molar-refractivity contribution is 6.04. The standard InChI is InChI=1S/C31H33F2N5O2/c1-20-8-9-24(14-29(20)40-28-7-3-5-23(13-28)30(32)33)31(39)36-26-11-22(17-37-10-4-6-25(34)18-37)12-27(15-26)38-16-21(2)35-19-38/h3,5,7-9,11-16,19,25,30H,4,6,10,17-18,34H2,1-2H3,(H,36,39)/t25-/m0/s1. The van der Waals surface area contributed by atoms with E-state index in [1.165, 1.54) is 18.2 Å². The molecule has 0 spiro atoms. The lowest BCUT2D eigenvalue weighted by Gasteiger charge is -2.30. The van der Waals surface area contributed by atoms with Gasteiger partial charge in [0.1, 0.15) is 11.5 Å². The summed E-state index contributed by atoms with van der Waals surface area (Å²) in [5.74, 6) is 0.392. The predicted octanol–water partition coefficient (Wildman–Crippen LogP) is 6.39. The number of hydrogen-bond donors (Lipinski definition) is 2. The zero-order valence-corrected chi connectivity index (χ0v) is 22.6. The molecule has 1 aromatic heterocycles. The number of benzene rings is 3. The van der Waals surface area contributed by atoms with Crippen LogP contribution in [0.3, 0.4) is 0 Å². The first-order chi connectivity index (χ1) is 19.2. The Labute approximate surface area is 232 Å². The maximum atomic E-state index is 13.4. The molecule has 7 nitrogen and oxygen atoms in total. The number of nitrogens with one attached hydrogen (secondary N) is 1. The fourth-order valence-corrected chi connectivity index (χ4v) is 4.94. The number of anilines is 1. The van der Waals surface area contributed by atoms with Crippen molar-refractivity contribution in [1.29, 1.82) is 0 Å². The van der Waals surface area contributed by atoms with Crippen molar-refractivity contribution in [3.63, 3.8) is 0 Å². The Balaban J connectivity index is 1.39. The lowest BCUT2D eigenvalue weighted by Crippen LogP contribution is -2.42. The van der Waals surface area contributed by atoms with E-state index in [2.05, 4.69) is 21.3 Å². The van der Waals surface area contributed by atoms with Crippen molar-refractivity contribution in [3.8, 4) is 17.2 Å². The molecule has 4 aromatic rings. The van der Waals surface area contributed by atoms with E-state index in [0.29, 0.717) is 17.0 Å². The number of halogens is 2. The molecule has 0 unspecified atom stereocenters. The molecule has 1 amide bonds. The maximum Gasteiger partial charge on any atom is 0.263 e. The van der Waals surface area contributed by atoms with Crippen LogP contribution in [-0.4, -0.2) is 39.5 Å². The second-order valence-electron chi connectivity index (χ2n) is 10.4. The first kappa shape index (κ1) is 27.5. The fraction of sp³-hybridized carbons (Fsp3) is 0.290. The van der Waals surface area contributed by atoms with E-state index in [0.717, 1.165) is 55.0 Å². The van der Waals surface area contributed by atoms with Gasteiger partial charge in [0.2, 0.25) is 0 Å². The molecule has 1 saturated heterocycles. The van der Waals surface area contributed by atoms with Crippen molar-refractivity contribution in [2.24, 2.45) is 5.73 Å².